The molecule has 2 atom stereocenters. The molecule has 1 heterocycles. The number of benzene rings is 3. The first-order chi connectivity index (χ1) is 14.4. The normalized spacial score (nSPS) is 18.2. The van der Waals surface area contributed by atoms with Crippen molar-refractivity contribution in [2.45, 2.75) is 37.7 Å². The van der Waals surface area contributed by atoms with Crippen LogP contribution in [0.15, 0.2) is 77.7 Å². The van der Waals surface area contributed by atoms with Gasteiger partial charge in [0, 0.05) is 11.5 Å². The van der Waals surface area contributed by atoms with Crippen molar-refractivity contribution in [2.75, 3.05) is 0 Å². The van der Waals surface area contributed by atoms with Crippen LogP contribution in [0.4, 0.5) is 0 Å². The van der Waals surface area contributed by atoms with Gasteiger partial charge in [-0.3, -0.25) is 0 Å². The highest BCUT2D eigenvalue weighted by Gasteiger charge is 2.32. The van der Waals surface area contributed by atoms with E-state index >= 15 is 0 Å². The van der Waals surface area contributed by atoms with Gasteiger partial charge in [-0.2, -0.15) is 8.42 Å². The molecule has 5 heteroatoms. The highest BCUT2D eigenvalue weighted by atomic mass is 32.2. The monoisotopic (exact) mass is 420 g/mol. The Bertz CT molecular complexity index is 1180. The standard InChI is InChI=1S/C25H24O4S/c1-4-5-19-8-15-24-23(16-19)18(3)25(28-24)20-9-11-21(12-10-20)29-30(26,27)22-13-6-17(2)7-14-22/h4-16,18,25H,1-3H3/b5-4-/t18-,25-/m1/s1. The lowest BCUT2D eigenvalue weighted by molar-refractivity contribution is 0.216. The zero-order valence-corrected chi connectivity index (χ0v) is 18.0. The molecule has 1 aliphatic heterocycles. The number of rotatable bonds is 5. The summed E-state index contributed by atoms with van der Waals surface area (Å²) in [5, 5.41) is 0. The number of hydrogen-bond donors (Lipinski definition) is 0. The second-order valence-electron chi connectivity index (χ2n) is 7.54. The van der Waals surface area contributed by atoms with Crippen LogP contribution in [0, 0.1) is 6.92 Å². The molecule has 0 spiro atoms. The van der Waals surface area contributed by atoms with Gasteiger partial charge in [0.2, 0.25) is 0 Å². The lowest BCUT2D eigenvalue weighted by Gasteiger charge is -2.16. The maximum absolute atomic E-state index is 12.5. The van der Waals surface area contributed by atoms with Crippen molar-refractivity contribution >= 4 is 16.2 Å². The first kappa shape index (κ1) is 20.2. The van der Waals surface area contributed by atoms with E-state index in [1.807, 2.05) is 44.2 Å². The summed E-state index contributed by atoms with van der Waals surface area (Å²) in [4.78, 5) is 0.136. The fraction of sp³-hybridized carbons (Fsp3) is 0.200. The van der Waals surface area contributed by atoms with E-state index in [0.717, 1.165) is 22.4 Å². The maximum Gasteiger partial charge on any atom is 0.339 e. The van der Waals surface area contributed by atoms with E-state index in [0.29, 0.717) is 0 Å². The zero-order chi connectivity index (χ0) is 21.3. The molecule has 0 aromatic heterocycles. The lowest BCUT2D eigenvalue weighted by Crippen LogP contribution is -2.10. The molecule has 4 rings (SSSR count). The predicted octanol–water partition coefficient (Wildman–Crippen LogP) is 6.03. The second kappa shape index (κ2) is 8.00. The highest BCUT2D eigenvalue weighted by Crippen LogP contribution is 2.46. The van der Waals surface area contributed by atoms with Crippen LogP contribution in [0.1, 0.15) is 48.1 Å². The minimum Gasteiger partial charge on any atom is -0.485 e. The first-order valence-electron chi connectivity index (χ1n) is 9.92. The van der Waals surface area contributed by atoms with Crippen molar-refractivity contribution in [1.82, 2.24) is 0 Å². The van der Waals surface area contributed by atoms with E-state index < -0.39 is 10.1 Å². The largest absolute Gasteiger partial charge is 0.485 e. The summed E-state index contributed by atoms with van der Waals surface area (Å²) >= 11 is 0. The van der Waals surface area contributed by atoms with Crippen molar-refractivity contribution in [3.8, 4) is 11.5 Å². The predicted molar refractivity (Wildman–Crippen MR) is 118 cm³/mol. The summed E-state index contributed by atoms with van der Waals surface area (Å²) in [5.41, 5.74) is 4.30. The summed E-state index contributed by atoms with van der Waals surface area (Å²) < 4.78 is 36.5. The number of hydrogen-bond acceptors (Lipinski definition) is 4. The Morgan fingerprint density at radius 2 is 1.67 bits per heavy atom. The van der Waals surface area contributed by atoms with Gasteiger partial charge >= 0.3 is 10.1 Å². The third-order valence-electron chi connectivity index (χ3n) is 5.32. The molecule has 0 fully saturated rings. The number of ether oxygens (including phenoxy) is 1. The zero-order valence-electron chi connectivity index (χ0n) is 17.2. The summed E-state index contributed by atoms with van der Waals surface area (Å²) in [6.07, 6.45) is 3.97. The van der Waals surface area contributed by atoms with E-state index in [-0.39, 0.29) is 22.7 Å². The third kappa shape index (κ3) is 3.98. The Morgan fingerprint density at radius 1 is 0.967 bits per heavy atom. The average molecular weight is 421 g/mol. The van der Waals surface area contributed by atoms with Gasteiger partial charge in [0.05, 0.1) is 0 Å². The highest BCUT2D eigenvalue weighted by molar-refractivity contribution is 7.87. The Kier molecular flexibility index (Phi) is 5.39. The molecule has 0 saturated heterocycles. The third-order valence-corrected chi connectivity index (χ3v) is 6.58. The van der Waals surface area contributed by atoms with Gasteiger partial charge in [-0.1, -0.05) is 55.0 Å². The Labute approximate surface area is 177 Å². The van der Waals surface area contributed by atoms with Crippen LogP contribution in [-0.4, -0.2) is 8.42 Å². The molecule has 0 N–H and O–H groups in total. The van der Waals surface area contributed by atoms with Crippen LogP contribution in [-0.2, 0) is 10.1 Å². The van der Waals surface area contributed by atoms with E-state index in [1.165, 1.54) is 5.56 Å². The van der Waals surface area contributed by atoms with E-state index in [1.54, 1.807) is 36.4 Å². The van der Waals surface area contributed by atoms with E-state index in [9.17, 15) is 8.42 Å². The molecule has 0 unspecified atom stereocenters. The summed E-state index contributed by atoms with van der Waals surface area (Å²) in [5.74, 6) is 1.36. The number of aryl methyl sites for hydroxylation is 1. The Hall–Kier alpha value is -3.05. The van der Waals surface area contributed by atoms with Crippen molar-refractivity contribution in [3.05, 3.63) is 95.1 Å². The van der Waals surface area contributed by atoms with Crippen LogP contribution in [0.2, 0.25) is 0 Å². The molecular formula is C25H24O4S. The van der Waals surface area contributed by atoms with Crippen LogP contribution in [0.25, 0.3) is 6.08 Å². The molecule has 0 saturated carbocycles. The van der Waals surface area contributed by atoms with Gasteiger partial charge in [0.1, 0.15) is 22.5 Å². The van der Waals surface area contributed by atoms with E-state index in [2.05, 4.69) is 19.1 Å². The average Bonchev–Trinajstić information content (AvgIpc) is 3.05. The van der Waals surface area contributed by atoms with Gasteiger partial charge < -0.3 is 8.92 Å². The van der Waals surface area contributed by atoms with Crippen molar-refractivity contribution in [3.63, 3.8) is 0 Å². The fourth-order valence-corrected chi connectivity index (χ4v) is 4.61. The topological polar surface area (TPSA) is 52.6 Å². The van der Waals surface area contributed by atoms with Gasteiger partial charge in [0.15, 0.2) is 0 Å². The van der Waals surface area contributed by atoms with Crippen molar-refractivity contribution < 1.29 is 17.3 Å². The Balaban J connectivity index is 1.52. The van der Waals surface area contributed by atoms with Gasteiger partial charge in [-0.25, -0.2) is 0 Å². The molecule has 1 aliphatic rings. The maximum atomic E-state index is 12.5. The molecule has 3 aromatic rings. The second-order valence-corrected chi connectivity index (χ2v) is 9.09. The molecule has 0 bridgehead atoms. The molecular weight excluding hydrogens is 396 g/mol. The van der Waals surface area contributed by atoms with Crippen LogP contribution >= 0.6 is 0 Å². The van der Waals surface area contributed by atoms with Crippen LogP contribution < -0.4 is 8.92 Å². The lowest BCUT2D eigenvalue weighted by atomic mass is 9.92. The van der Waals surface area contributed by atoms with Gasteiger partial charge in [0.25, 0.3) is 0 Å². The number of allylic oxidation sites excluding steroid dienone is 1. The smallest absolute Gasteiger partial charge is 0.339 e. The van der Waals surface area contributed by atoms with Crippen LogP contribution in [0.5, 0.6) is 11.5 Å². The summed E-state index contributed by atoms with van der Waals surface area (Å²) in [7, 11) is -3.86. The minimum atomic E-state index is -3.86. The number of fused-ring (bicyclic) bond motifs is 1. The minimum absolute atomic E-state index is 0.122. The molecule has 30 heavy (non-hydrogen) atoms. The quantitative estimate of drug-likeness (QED) is 0.473. The van der Waals surface area contributed by atoms with Gasteiger partial charge in [-0.15, -0.1) is 0 Å². The molecule has 4 nitrogen and oxygen atoms in total. The molecule has 0 radical (unpaired) electrons. The van der Waals surface area contributed by atoms with Crippen molar-refractivity contribution in [1.29, 1.82) is 0 Å². The fourth-order valence-electron chi connectivity index (χ4n) is 3.68. The molecule has 0 aliphatic carbocycles. The Morgan fingerprint density at radius 3 is 2.33 bits per heavy atom. The van der Waals surface area contributed by atoms with Crippen molar-refractivity contribution in [2.24, 2.45) is 0 Å². The molecule has 0 amide bonds. The van der Waals surface area contributed by atoms with Crippen LogP contribution in [0.3, 0.4) is 0 Å². The first-order valence-corrected chi connectivity index (χ1v) is 11.3. The SMILES string of the molecule is C/C=C\c1ccc2c(c1)[C@@H](C)[C@H](c1ccc(OS(=O)(=O)c3ccc(C)cc3)cc1)O2. The van der Waals surface area contributed by atoms with Gasteiger partial charge in [-0.05, 0) is 61.4 Å². The molecule has 3 aromatic carbocycles. The van der Waals surface area contributed by atoms with E-state index in [4.69, 9.17) is 8.92 Å². The summed E-state index contributed by atoms with van der Waals surface area (Å²) in [6, 6.07) is 19.9. The molecule has 154 valence electrons. The summed E-state index contributed by atoms with van der Waals surface area (Å²) in [6.45, 7) is 6.04.